The van der Waals surface area contributed by atoms with Gasteiger partial charge in [-0.1, -0.05) is 20.3 Å². The van der Waals surface area contributed by atoms with Crippen molar-refractivity contribution in [1.29, 1.82) is 0 Å². The number of benzene rings is 1. The van der Waals surface area contributed by atoms with Crippen molar-refractivity contribution in [3.63, 3.8) is 0 Å². The Hall–Kier alpha value is -1.20. The zero-order valence-electron chi connectivity index (χ0n) is 9.72. The molecule has 0 spiro atoms. The Labute approximate surface area is 106 Å². The molecule has 0 amide bonds. The molecule has 1 unspecified atom stereocenters. The molecule has 0 aliphatic rings. The van der Waals surface area contributed by atoms with Crippen molar-refractivity contribution in [3.8, 4) is 0 Å². The van der Waals surface area contributed by atoms with Crippen LogP contribution in [0.3, 0.4) is 0 Å². The molecule has 4 nitrogen and oxygen atoms in total. The number of hydrogen-bond donors (Lipinski definition) is 1. The third kappa shape index (κ3) is 3.64. The quantitative estimate of drug-likeness (QED) is 0.669. The second-order valence-corrected chi connectivity index (χ2v) is 3.87. The first-order valence-electron chi connectivity index (χ1n) is 5.16. The third-order valence-corrected chi connectivity index (χ3v) is 2.80. The molecule has 0 saturated heterocycles. The third-order valence-electron chi connectivity index (χ3n) is 2.80. The Morgan fingerprint density at radius 1 is 1.53 bits per heavy atom. The highest BCUT2D eigenvalue weighted by Gasteiger charge is 2.23. The van der Waals surface area contributed by atoms with Crippen LogP contribution in [0.15, 0.2) is 18.2 Å². The van der Waals surface area contributed by atoms with Gasteiger partial charge in [0.15, 0.2) is 0 Å². The summed E-state index contributed by atoms with van der Waals surface area (Å²) in [7, 11) is 0. The second-order valence-electron chi connectivity index (χ2n) is 3.87. The van der Waals surface area contributed by atoms with E-state index in [1.165, 1.54) is 0 Å². The first kappa shape index (κ1) is 15.8. The van der Waals surface area contributed by atoms with Crippen LogP contribution < -0.4 is 5.73 Å². The molecule has 0 fully saturated rings. The zero-order chi connectivity index (χ0) is 12.3. The van der Waals surface area contributed by atoms with Crippen LogP contribution >= 0.6 is 12.4 Å². The van der Waals surface area contributed by atoms with Crippen LogP contribution in [0.1, 0.15) is 31.9 Å². The number of rotatable bonds is 4. The van der Waals surface area contributed by atoms with Gasteiger partial charge in [-0.05, 0) is 18.1 Å². The molecule has 1 aromatic carbocycles. The fourth-order valence-electron chi connectivity index (χ4n) is 1.52. The van der Waals surface area contributed by atoms with Crippen LogP contribution in [0, 0.1) is 21.8 Å². The van der Waals surface area contributed by atoms with Gasteiger partial charge in [0.25, 0.3) is 5.69 Å². The predicted octanol–water partition coefficient (Wildman–Crippen LogP) is 3.20. The maximum absolute atomic E-state index is 13.1. The number of nitrogens with two attached hydrogens (primary N) is 1. The van der Waals surface area contributed by atoms with E-state index in [-0.39, 0.29) is 29.6 Å². The maximum atomic E-state index is 13.1. The van der Waals surface area contributed by atoms with Crippen molar-refractivity contribution >= 4 is 18.1 Å². The summed E-state index contributed by atoms with van der Waals surface area (Å²) >= 11 is 0. The molecule has 1 rings (SSSR count). The minimum absolute atomic E-state index is 0. The molecule has 0 heterocycles. The molecule has 17 heavy (non-hydrogen) atoms. The van der Waals surface area contributed by atoms with Gasteiger partial charge in [0.05, 0.1) is 4.92 Å². The van der Waals surface area contributed by atoms with E-state index < -0.39 is 16.8 Å². The zero-order valence-corrected chi connectivity index (χ0v) is 10.5. The molecule has 0 radical (unpaired) electrons. The largest absolute Gasteiger partial charge is 0.324 e. The fraction of sp³-hybridized carbons (Fsp3) is 0.455. The Bertz CT molecular complexity index is 401. The van der Waals surface area contributed by atoms with Gasteiger partial charge in [-0.3, -0.25) is 10.1 Å². The van der Waals surface area contributed by atoms with E-state index in [2.05, 4.69) is 0 Å². The monoisotopic (exact) mass is 262 g/mol. The summed E-state index contributed by atoms with van der Waals surface area (Å²) in [6, 6.07) is 2.87. The van der Waals surface area contributed by atoms with E-state index in [0.717, 1.165) is 24.6 Å². The summed E-state index contributed by atoms with van der Waals surface area (Å²) in [6.45, 7) is 3.83. The number of nitrogens with zero attached hydrogens (tertiary/aromatic N) is 1. The second kappa shape index (κ2) is 6.51. The topological polar surface area (TPSA) is 69.2 Å². The van der Waals surface area contributed by atoms with Crippen molar-refractivity contribution in [2.24, 2.45) is 11.7 Å². The van der Waals surface area contributed by atoms with E-state index in [1.807, 2.05) is 13.8 Å². The van der Waals surface area contributed by atoms with Gasteiger partial charge in [-0.25, -0.2) is 4.39 Å². The SMILES string of the molecule is CCC(C)[C@@H](N)c1cc(F)ccc1[N+](=O)[O-].Cl. The summed E-state index contributed by atoms with van der Waals surface area (Å²) in [6.07, 6.45) is 0.787. The molecule has 1 aromatic rings. The van der Waals surface area contributed by atoms with E-state index in [1.54, 1.807) is 0 Å². The Balaban J connectivity index is 0.00000256. The lowest BCUT2D eigenvalue weighted by Crippen LogP contribution is -2.20. The molecule has 0 saturated carbocycles. The van der Waals surface area contributed by atoms with Crippen LogP contribution in [-0.2, 0) is 0 Å². The molecule has 2 atom stereocenters. The van der Waals surface area contributed by atoms with E-state index in [4.69, 9.17) is 5.73 Å². The van der Waals surface area contributed by atoms with Gasteiger partial charge < -0.3 is 5.73 Å². The number of nitro groups is 1. The molecule has 0 bridgehead atoms. The first-order valence-corrected chi connectivity index (χ1v) is 5.16. The first-order chi connectivity index (χ1) is 7.47. The summed E-state index contributed by atoms with van der Waals surface area (Å²) in [5, 5.41) is 10.8. The highest BCUT2D eigenvalue weighted by Crippen LogP contribution is 2.30. The Kier molecular flexibility index (Phi) is 6.05. The van der Waals surface area contributed by atoms with Crippen molar-refractivity contribution in [2.75, 3.05) is 0 Å². The number of halogens is 2. The van der Waals surface area contributed by atoms with E-state index in [9.17, 15) is 14.5 Å². The van der Waals surface area contributed by atoms with Crippen LogP contribution in [0.2, 0.25) is 0 Å². The molecular weight excluding hydrogens is 247 g/mol. The smallest absolute Gasteiger partial charge is 0.274 e. The van der Waals surface area contributed by atoms with Gasteiger partial charge in [0.1, 0.15) is 5.82 Å². The van der Waals surface area contributed by atoms with Gasteiger partial charge in [-0.2, -0.15) is 0 Å². The number of hydrogen-bond acceptors (Lipinski definition) is 3. The van der Waals surface area contributed by atoms with Crippen LogP contribution in [0.25, 0.3) is 0 Å². The van der Waals surface area contributed by atoms with Crippen molar-refractivity contribution in [3.05, 3.63) is 39.7 Å². The lowest BCUT2D eigenvalue weighted by Gasteiger charge is -2.18. The van der Waals surface area contributed by atoms with Crippen LogP contribution in [-0.4, -0.2) is 4.92 Å². The molecular formula is C11H16ClFN2O2. The van der Waals surface area contributed by atoms with Crippen molar-refractivity contribution in [1.82, 2.24) is 0 Å². The molecule has 96 valence electrons. The maximum Gasteiger partial charge on any atom is 0.274 e. The lowest BCUT2D eigenvalue weighted by molar-refractivity contribution is -0.385. The summed E-state index contributed by atoms with van der Waals surface area (Å²) in [5.74, 6) is -0.431. The van der Waals surface area contributed by atoms with Gasteiger partial charge in [0, 0.05) is 17.7 Å². The molecule has 0 aromatic heterocycles. The van der Waals surface area contributed by atoms with Gasteiger partial charge in [0.2, 0.25) is 0 Å². The minimum atomic E-state index is -0.531. The Morgan fingerprint density at radius 2 is 2.12 bits per heavy atom. The van der Waals surface area contributed by atoms with Crippen LogP contribution in [0.4, 0.5) is 10.1 Å². The molecule has 6 heteroatoms. The average molecular weight is 263 g/mol. The van der Waals surface area contributed by atoms with E-state index in [0.29, 0.717) is 0 Å². The van der Waals surface area contributed by atoms with Crippen LogP contribution in [0.5, 0.6) is 0 Å². The predicted molar refractivity (Wildman–Crippen MR) is 66.7 cm³/mol. The normalized spacial score (nSPS) is 13.6. The summed E-state index contributed by atoms with van der Waals surface area (Å²) in [4.78, 5) is 10.2. The highest BCUT2D eigenvalue weighted by molar-refractivity contribution is 5.85. The molecule has 0 aliphatic carbocycles. The molecule has 2 N–H and O–H groups in total. The van der Waals surface area contributed by atoms with Gasteiger partial charge >= 0.3 is 0 Å². The summed E-state index contributed by atoms with van der Waals surface area (Å²) in [5.41, 5.74) is 6.03. The van der Waals surface area contributed by atoms with Crippen molar-refractivity contribution < 1.29 is 9.31 Å². The highest BCUT2D eigenvalue weighted by atomic mass is 35.5. The summed E-state index contributed by atoms with van der Waals surface area (Å²) < 4.78 is 13.1. The standard InChI is InChI=1S/C11H15FN2O2.ClH/c1-3-7(2)11(13)9-6-8(12)4-5-10(9)14(15)16;/h4-7,11H,3,13H2,1-2H3;1H/t7?,11-;/m1./s1. The number of nitro benzene ring substituents is 1. The molecule has 0 aliphatic heterocycles. The lowest BCUT2D eigenvalue weighted by atomic mass is 9.92. The Morgan fingerprint density at radius 3 is 2.59 bits per heavy atom. The fourth-order valence-corrected chi connectivity index (χ4v) is 1.52. The minimum Gasteiger partial charge on any atom is -0.324 e. The van der Waals surface area contributed by atoms with Crippen molar-refractivity contribution in [2.45, 2.75) is 26.3 Å². The average Bonchev–Trinajstić information content (AvgIpc) is 2.26. The van der Waals surface area contributed by atoms with Gasteiger partial charge in [-0.15, -0.1) is 12.4 Å². The van der Waals surface area contributed by atoms with E-state index >= 15 is 0 Å².